The Bertz CT molecular complexity index is 673. The molecule has 0 aromatic carbocycles. The third-order valence-corrected chi connectivity index (χ3v) is 2.57. The van der Waals surface area contributed by atoms with Crippen molar-refractivity contribution in [1.82, 2.24) is 14.4 Å². The van der Waals surface area contributed by atoms with Crippen LogP contribution in [0, 0.1) is 0 Å². The maximum Gasteiger partial charge on any atom is 0.240 e. The molecule has 92 valence electrons. The number of hydrogen-bond acceptors (Lipinski definition) is 5. The van der Waals surface area contributed by atoms with E-state index in [1.54, 1.807) is 37.1 Å². The van der Waals surface area contributed by atoms with Gasteiger partial charge in [-0.25, -0.2) is 4.98 Å². The van der Waals surface area contributed by atoms with E-state index in [9.17, 15) is 0 Å². The van der Waals surface area contributed by atoms with Gasteiger partial charge in [-0.15, -0.1) is 0 Å². The van der Waals surface area contributed by atoms with Crippen LogP contribution in [0.1, 0.15) is 0 Å². The van der Waals surface area contributed by atoms with Gasteiger partial charge in [0.25, 0.3) is 0 Å². The first-order chi connectivity index (χ1) is 8.81. The number of nitrogens with zero attached hydrogens (tertiary/aromatic N) is 3. The highest BCUT2D eigenvalue weighted by Crippen LogP contribution is 2.24. The van der Waals surface area contributed by atoms with Gasteiger partial charge in [0.2, 0.25) is 17.5 Å². The lowest BCUT2D eigenvalue weighted by molar-refractivity contribution is 0.369. The fourth-order valence-corrected chi connectivity index (χ4v) is 1.72. The van der Waals surface area contributed by atoms with Crippen molar-refractivity contribution in [2.75, 3.05) is 14.2 Å². The van der Waals surface area contributed by atoms with Crippen LogP contribution in [0.4, 0.5) is 0 Å². The van der Waals surface area contributed by atoms with Crippen LogP contribution in [0.5, 0.6) is 11.8 Å². The molecule has 6 heteroatoms. The van der Waals surface area contributed by atoms with Crippen LogP contribution in [0.15, 0.2) is 35.1 Å². The van der Waals surface area contributed by atoms with Gasteiger partial charge in [-0.1, -0.05) is 0 Å². The molecular weight excluding hydrogens is 234 g/mol. The molecule has 0 N–H and O–H groups in total. The summed E-state index contributed by atoms with van der Waals surface area (Å²) in [7, 11) is 3.13. The summed E-state index contributed by atoms with van der Waals surface area (Å²) in [4.78, 5) is 8.61. The molecule has 0 radical (unpaired) electrons. The minimum Gasteiger partial charge on any atom is -0.482 e. The second-order valence-corrected chi connectivity index (χ2v) is 3.61. The highest BCUT2D eigenvalue weighted by Gasteiger charge is 2.12. The maximum atomic E-state index is 5.30. The van der Waals surface area contributed by atoms with Crippen molar-refractivity contribution in [3.63, 3.8) is 0 Å². The zero-order valence-corrected chi connectivity index (χ0v) is 9.95. The Labute approximate surface area is 103 Å². The Morgan fingerprint density at radius 2 is 2.11 bits per heavy atom. The number of hydrogen-bond donors (Lipinski definition) is 0. The first kappa shape index (κ1) is 10.6. The Morgan fingerprint density at radius 3 is 2.78 bits per heavy atom. The van der Waals surface area contributed by atoms with Crippen LogP contribution >= 0.6 is 0 Å². The lowest BCUT2D eigenvalue weighted by Gasteiger charge is -2.04. The Hall–Kier alpha value is -2.50. The molecule has 0 saturated heterocycles. The van der Waals surface area contributed by atoms with Crippen molar-refractivity contribution in [3.8, 4) is 23.2 Å². The highest BCUT2D eigenvalue weighted by molar-refractivity contribution is 5.56. The monoisotopic (exact) mass is 245 g/mol. The molecule has 0 aliphatic rings. The van der Waals surface area contributed by atoms with Gasteiger partial charge in [-0.05, 0) is 12.1 Å². The molecule has 3 aromatic rings. The quantitative estimate of drug-likeness (QED) is 0.706. The van der Waals surface area contributed by atoms with E-state index in [-0.39, 0.29) is 0 Å². The summed E-state index contributed by atoms with van der Waals surface area (Å²) in [6.07, 6.45) is 3.41. The second-order valence-electron chi connectivity index (χ2n) is 3.61. The zero-order chi connectivity index (χ0) is 12.5. The predicted octanol–water partition coefficient (Wildman–Crippen LogP) is 2.01. The summed E-state index contributed by atoms with van der Waals surface area (Å²) in [6, 6.07) is 5.34. The number of rotatable bonds is 3. The highest BCUT2D eigenvalue weighted by atomic mass is 16.5. The molecule has 3 aromatic heterocycles. The van der Waals surface area contributed by atoms with E-state index in [0.29, 0.717) is 29.0 Å². The van der Waals surface area contributed by atoms with Crippen LogP contribution in [-0.2, 0) is 0 Å². The lowest BCUT2D eigenvalue weighted by Crippen LogP contribution is -1.97. The van der Waals surface area contributed by atoms with Crippen molar-refractivity contribution in [1.29, 1.82) is 0 Å². The first-order valence-electron chi connectivity index (χ1n) is 5.34. The van der Waals surface area contributed by atoms with Crippen LogP contribution in [0.25, 0.3) is 17.2 Å². The van der Waals surface area contributed by atoms with Crippen LogP contribution in [0.3, 0.4) is 0 Å². The van der Waals surface area contributed by atoms with E-state index in [1.807, 2.05) is 12.1 Å². The minimum absolute atomic E-state index is 0.455. The summed E-state index contributed by atoms with van der Waals surface area (Å²) in [5.41, 5.74) is 0.694. The number of furan rings is 1. The lowest BCUT2D eigenvalue weighted by atomic mass is 10.4. The van der Waals surface area contributed by atoms with Gasteiger partial charge in [-0.2, -0.15) is 4.98 Å². The third kappa shape index (κ3) is 1.58. The van der Waals surface area contributed by atoms with Crippen molar-refractivity contribution >= 4 is 5.78 Å². The number of fused-ring (bicyclic) bond motifs is 1. The zero-order valence-electron chi connectivity index (χ0n) is 9.95. The summed E-state index contributed by atoms with van der Waals surface area (Å²) < 4.78 is 17.4. The predicted molar refractivity (Wildman–Crippen MR) is 63.8 cm³/mol. The summed E-state index contributed by atoms with van der Waals surface area (Å²) in [6.45, 7) is 0. The molecule has 6 nitrogen and oxygen atoms in total. The number of imidazole rings is 1. The first-order valence-corrected chi connectivity index (χ1v) is 5.34. The van der Waals surface area contributed by atoms with Gasteiger partial charge in [0.15, 0.2) is 5.76 Å². The summed E-state index contributed by atoms with van der Waals surface area (Å²) in [5, 5.41) is 0. The molecule has 3 heterocycles. The van der Waals surface area contributed by atoms with Crippen molar-refractivity contribution in [3.05, 3.63) is 30.7 Å². The van der Waals surface area contributed by atoms with E-state index in [0.717, 1.165) is 0 Å². The van der Waals surface area contributed by atoms with Gasteiger partial charge in [0.05, 0.1) is 26.5 Å². The molecule has 3 rings (SSSR count). The van der Waals surface area contributed by atoms with Gasteiger partial charge in [0.1, 0.15) is 5.69 Å². The molecular formula is C12H11N3O3. The molecule has 0 amide bonds. The minimum atomic E-state index is 0.455. The fraction of sp³-hybridized carbons (Fsp3) is 0.167. The van der Waals surface area contributed by atoms with Gasteiger partial charge in [0, 0.05) is 6.20 Å². The third-order valence-electron chi connectivity index (χ3n) is 2.57. The SMILES string of the molecule is COc1cc(OC)n2cc(-c3ccco3)nc2n1. The van der Waals surface area contributed by atoms with Gasteiger partial charge >= 0.3 is 0 Å². The van der Waals surface area contributed by atoms with Crippen molar-refractivity contribution in [2.24, 2.45) is 0 Å². The van der Waals surface area contributed by atoms with E-state index >= 15 is 0 Å². The van der Waals surface area contributed by atoms with Crippen molar-refractivity contribution in [2.45, 2.75) is 0 Å². The van der Waals surface area contributed by atoms with E-state index in [4.69, 9.17) is 13.9 Å². The fourth-order valence-electron chi connectivity index (χ4n) is 1.72. The summed E-state index contributed by atoms with van der Waals surface area (Å²) in [5.74, 6) is 2.23. The van der Waals surface area contributed by atoms with Crippen LogP contribution in [0.2, 0.25) is 0 Å². The standard InChI is InChI=1S/C12H11N3O3/c1-16-10-6-11(17-2)15-7-8(13-12(15)14-10)9-4-3-5-18-9/h3-7H,1-2H3. The van der Waals surface area contributed by atoms with E-state index < -0.39 is 0 Å². The van der Waals surface area contributed by atoms with Crippen LogP contribution in [-0.4, -0.2) is 28.6 Å². The molecule has 18 heavy (non-hydrogen) atoms. The molecule has 0 spiro atoms. The van der Waals surface area contributed by atoms with Crippen molar-refractivity contribution < 1.29 is 13.9 Å². The van der Waals surface area contributed by atoms with E-state index in [1.165, 1.54) is 0 Å². The number of ether oxygens (including phenoxy) is 2. The average molecular weight is 245 g/mol. The molecule has 0 atom stereocenters. The topological polar surface area (TPSA) is 61.8 Å². The molecule has 0 saturated carbocycles. The Morgan fingerprint density at radius 1 is 1.22 bits per heavy atom. The van der Waals surface area contributed by atoms with Gasteiger partial charge < -0.3 is 13.9 Å². The smallest absolute Gasteiger partial charge is 0.240 e. The summed E-state index contributed by atoms with van der Waals surface area (Å²) >= 11 is 0. The Kier molecular flexibility index (Phi) is 2.40. The molecule has 0 unspecified atom stereocenters. The Balaban J connectivity index is 2.22. The van der Waals surface area contributed by atoms with Gasteiger partial charge in [-0.3, -0.25) is 4.40 Å². The van der Waals surface area contributed by atoms with Crippen LogP contribution < -0.4 is 9.47 Å². The average Bonchev–Trinajstić information content (AvgIpc) is 3.05. The second kappa shape index (κ2) is 4.06. The molecule has 0 bridgehead atoms. The largest absolute Gasteiger partial charge is 0.482 e. The number of methoxy groups -OCH3 is 2. The number of aromatic nitrogens is 3. The molecule has 0 aliphatic carbocycles. The maximum absolute atomic E-state index is 5.30. The molecule has 0 fully saturated rings. The molecule has 0 aliphatic heterocycles. The van der Waals surface area contributed by atoms with E-state index in [2.05, 4.69) is 9.97 Å². The normalized spacial score (nSPS) is 10.8.